The van der Waals surface area contributed by atoms with E-state index in [2.05, 4.69) is 76.2 Å². The van der Waals surface area contributed by atoms with Crippen molar-refractivity contribution in [1.29, 1.82) is 0 Å². The zero-order valence-electron chi connectivity index (χ0n) is 11.8. The Hall–Kier alpha value is -1.56. The van der Waals surface area contributed by atoms with Crippen LogP contribution in [0.2, 0.25) is 0 Å². The highest BCUT2D eigenvalue weighted by molar-refractivity contribution is 5.37. The summed E-state index contributed by atoms with van der Waals surface area (Å²) in [6, 6.07) is 17.4. The summed E-state index contributed by atoms with van der Waals surface area (Å²) in [5.41, 5.74) is 5.73. The van der Waals surface area contributed by atoms with Gasteiger partial charge >= 0.3 is 0 Å². The molecule has 0 bridgehead atoms. The van der Waals surface area contributed by atoms with Crippen LogP contribution in [0.4, 0.5) is 0 Å². The minimum atomic E-state index is 0.548. The second-order valence-electron chi connectivity index (χ2n) is 5.28. The molecule has 0 saturated heterocycles. The minimum absolute atomic E-state index is 0.548. The van der Waals surface area contributed by atoms with Gasteiger partial charge in [0.1, 0.15) is 0 Å². The van der Waals surface area contributed by atoms with Crippen LogP contribution in [-0.4, -0.2) is 0 Å². The van der Waals surface area contributed by atoms with Gasteiger partial charge in [-0.05, 0) is 47.9 Å². The molecule has 0 heteroatoms. The van der Waals surface area contributed by atoms with Gasteiger partial charge in [0.25, 0.3) is 0 Å². The molecule has 0 radical (unpaired) electrons. The number of hydrogen-bond acceptors (Lipinski definition) is 0. The summed E-state index contributed by atoms with van der Waals surface area (Å²) in [5, 5.41) is 0. The third-order valence-corrected chi connectivity index (χ3v) is 4.21. The van der Waals surface area contributed by atoms with Crippen molar-refractivity contribution in [2.45, 2.75) is 39.5 Å². The van der Waals surface area contributed by atoms with Crippen LogP contribution >= 0.6 is 0 Å². The van der Waals surface area contributed by atoms with E-state index in [0.29, 0.717) is 11.8 Å². The van der Waals surface area contributed by atoms with E-state index in [-0.39, 0.29) is 0 Å². The van der Waals surface area contributed by atoms with Gasteiger partial charge < -0.3 is 0 Å². The maximum atomic E-state index is 2.33. The van der Waals surface area contributed by atoms with Crippen molar-refractivity contribution in [2.24, 2.45) is 0 Å². The van der Waals surface area contributed by atoms with Gasteiger partial charge in [0, 0.05) is 0 Å². The van der Waals surface area contributed by atoms with Gasteiger partial charge in [-0.3, -0.25) is 0 Å². The van der Waals surface area contributed by atoms with Crippen molar-refractivity contribution in [1.82, 2.24) is 0 Å². The topological polar surface area (TPSA) is 0 Å². The molecule has 0 amide bonds. The average molecular weight is 238 g/mol. The zero-order valence-corrected chi connectivity index (χ0v) is 11.8. The molecule has 0 aliphatic carbocycles. The Kier molecular flexibility index (Phi) is 3.86. The first kappa shape index (κ1) is 12.9. The van der Waals surface area contributed by atoms with Crippen LogP contribution in [0.1, 0.15) is 47.9 Å². The zero-order chi connectivity index (χ0) is 13.1. The predicted molar refractivity (Wildman–Crippen MR) is 79.2 cm³/mol. The van der Waals surface area contributed by atoms with E-state index in [0.717, 1.165) is 0 Å². The van der Waals surface area contributed by atoms with Crippen LogP contribution in [-0.2, 0) is 0 Å². The molecule has 2 aromatic rings. The van der Waals surface area contributed by atoms with Crippen LogP contribution < -0.4 is 0 Å². The van der Waals surface area contributed by atoms with Crippen LogP contribution in [0, 0.1) is 13.8 Å². The third-order valence-electron chi connectivity index (χ3n) is 4.21. The maximum absolute atomic E-state index is 2.33. The first-order valence-corrected chi connectivity index (χ1v) is 6.72. The second kappa shape index (κ2) is 5.39. The molecule has 0 spiro atoms. The Morgan fingerprint density at radius 2 is 1.39 bits per heavy atom. The summed E-state index contributed by atoms with van der Waals surface area (Å²) in [6.45, 7) is 9.08. The number of hydrogen-bond donors (Lipinski definition) is 0. The number of benzene rings is 2. The highest BCUT2D eigenvalue weighted by Crippen LogP contribution is 2.34. The average Bonchev–Trinajstić information content (AvgIpc) is 2.41. The van der Waals surface area contributed by atoms with Gasteiger partial charge in [-0.1, -0.05) is 62.4 Å². The highest BCUT2D eigenvalue weighted by atomic mass is 14.2. The van der Waals surface area contributed by atoms with Crippen LogP contribution in [0.25, 0.3) is 0 Å². The van der Waals surface area contributed by atoms with Crippen LogP contribution in [0.3, 0.4) is 0 Å². The smallest absolute Gasteiger partial charge is 0.0121 e. The number of aryl methyl sites for hydroxylation is 1. The Morgan fingerprint density at radius 1 is 0.722 bits per heavy atom. The molecule has 0 heterocycles. The molecule has 0 nitrogen and oxygen atoms in total. The van der Waals surface area contributed by atoms with E-state index >= 15 is 0 Å². The molecule has 0 N–H and O–H groups in total. The van der Waals surface area contributed by atoms with Crippen molar-refractivity contribution < 1.29 is 0 Å². The van der Waals surface area contributed by atoms with Crippen molar-refractivity contribution in [3.8, 4) is 0 Å². The maximum Gasteiger partial charge on any atom is -0.0121 e. The molecule has 0 aromatic heterocycles. The largest absolute Gasteiger partial charge is 0.0622 e. The molecule has 94 valence electrons. The van der Waals surface area contributed by atoms with Crippen molar-refractivity contribution in [3.05, 3.63) is 70.8 Å². The summed E-state index contributed by atoms with van der Waals surface area (Å²) in [7, 11) is 0. The monoisotopic (exact) mass is 238 g/mol. The normalized spacial score (nSPS) is 14.2. The van der Waals surface area contributed by atoms with E-state index in [1.54, 1.807) is 0 Å². The Labute approximate surface area is 111 Å². The first-order valence-electron chi connectivity index (χ1n) is 6.72. The molecular formula is C18H22. The van der Waals surface area contributed by atoms with Gasteiger partial charge in [-0.2, -0.15) is 0 Å². The Balaban J connectivity index is 2.31. The van der Waals surface area contributed by atoms with Gasteiger partial charge in [0.2, 0.25) is 0 Å². The van der Waals surface area contributed by atoms with E-state index in [4.69, 9.17) is 0 Å². The van der Waals surface area contributed by atoms with Crippen molar-refractivity contribution in [2.75, 3.05) is 0 Å². The van der Waals surface area contributed by atoms with E-state index < -0.39 is 0 Å². The van der Waals surface area contributed by atoms with Crippen LogP contribution in [0.5, 0.6) is 0 Å². The molecule has 18 heavy (non-hydrogen) atoms. The van der Waals surface area contributed by atoms with Gasteiger partial charge in [0.15, 0.2) is 0 Å². The fraction of sp³-hybridized carbons (Fsp3) is 0.333. The summed E-state index contributed by atoms with van der Waals surface area (Å²) < 4.78 is 0. The SMILES string of the molecule is Cc1cccc(C(C)C(C)c2ccccc2)c1C. The van der Waals surface area contributed by atoms with Gasteiger partial charge in [0.05, 0.1) is 0 Å². The van der Waals surface area contributed by atoms with Crippen molar-refractivity contribution in [3.63, 3.8) is 0 Å². The third kappa shape index (κ3) is 2.48. The van der Waals surface area contributed by atoms with Crippen molar-refractivity contribution >= 4 is 0 Å². The van der Waals surface area contributed by atoms with Crippen LogP contribution in [0.15, 0.2) is 48.5 Å². The molecule has 2 rings (SSSR count). The summed E-state index contributed by atoms with van der Waals surface area (Å²) in [5.74, 6) is 1.10. The second-order valence-corrected chi connectivity index (χ2v) is 5.28. The summed E-state index contributed by atoms with van der Waals surface area (Å²) in [6.07, 6.45) is 0. The quantitative estimate of drug-likeness (QED) is 0.688. The predicted octanol–water partition coefficient (Wildman–Crippen LogP) is 5.21. The summed E-state index contributed by atoms with van der Waals surface area (Å²) in [4.78, 5) is 0. The van der Waals surface area contributed by atoms with Gasteiger partial charge in [-0.15, -0.1) is 0 Å². The van der Waals surface area contributed by atoms with E-state index in [1.807, 2.05) is 0 Å². The molecular weight excluding hydrogens is 216 g/mol. The molecule has 0 aliphatic heterocycles. The standard InChI is InChI=1S/C18H22/c1-13-9-8-12-18(14(13)2)16(4)15(3)17-10-6-5-7-11-17/h5-12,15-16H,1-4H3. The molecule has 0 saturated carbocycles. The lowest BCUT2D eigenvalue weighted by Crippen LogP contribution is -2.07. The van der Waals surface area contributed by atoms with E-state index in [1.165, 1.54) is 22.3 Å². The Bertz CT molecular complexity index is 511. The first-order chi connectivity index (χ1) is 8.61. The fourth-order valence-corrected chi connectivity index (χ4v) is 2.58. The molecule has 2 atom stereocenters. The number of rotatable bonds is 3. The Morgan fingerprint density at radius 3 is 2.06 bits per heavy atom. The minimum Gasteiger partial charge on any atom is -0.0622 e. The fourth-order valence-electron chi connectivity index (χ4n) is 2.58. The molecule has 0 aliphatic rings. The molecule has 2 unspecified atom stereocenters. The lowest BCUT2D eigenvalue weighted by atomic mass is 9.81. The van der Waals surface area contributed by atoms with Gasteiger partial charge in [-0.25, -0.2) is 0 Å². The lowest BCUT2D eigenvalue weighted by Gasteiger charge is -2.23. The molecule has 0 fully saturated rings. The van der Waals surface area contributed by atoms with E-state index in [9.17, 15) is 0 Å². The molecule has 2 aromatic carbocycles. The lowest BCUT2D eigenvalue weighted by molar-refractivity contribution is 0.620. The highest BCUT2D eigenvalue weighted by Gasteiger charge is 2.17. The summed E-state index contributed by atoms with van der Waals surface area (Å²) >= 11 is 0.